The average Bonchev–Trinajstić information content (AvgIpc) is 2.73. The Morgan fingerprint density at radius 3 is 2.61 bits per heavy atom. The van der Waals surface area contributed by atoms with Gasteiger partial charge in [-0.05, 0) is 29.3 Å². The van der Waals surface area contributed by atoms with E-state index < -0.39 is 5.91 Å². The Balaban J connectivity index is 1.78. The summed E-state index contributed by atoms with van der Waals surface area (Å²) in [5, 5.41) is 0. The maximum Gasteiger partial charge on any atom is 0.248 e. The number of hydrogen-bond donors (Lipinski definition) is 1. The van der Waals surface area contributed by atoms with Gasteiger partial charge in [0.15, 0.2) is 5.78 Å². The molecular weight excluding hydrogens is 354 g/mol. The zero-order valence-electron chi connectivity index (χ0n) is 15.2. The van der Waals surface area contributed by atoms with Crippen LogP contribution in [0.15, 0.2) is 66.7 Å². The highest BCUT2D eigenvalue weighted by atomic mass is 16.5. The summed E-state index contributed by atoms with van der Waals surface area (Å²) in [5.74, 6) is 0.627. The highest BCUT2D eigenvalue weighted by molar-refractivity contribution is 6.01. The SMILES string of the molecule is NC(=O)c1cccc(-c2cc3c(cc2OCc2ccccc2)OCCC3=O)c1. The van der Waals surface area contributed by atoms with Gasteiger partial charge in [0.2, 0.25) is 5.91 Å². The number of ether oxygens (including phenoxy) is 2. The van der Waals surface area contributed by atoms with E-state index in [1.54, 1.807) is 30.3 Å². The number of ketones is 1. The Morgan fingerprint density at radius 2 is 1.82 bits per heavy atom. The molecule has 3 aromatic rings. The number of carbonyl (C=O) groups excluding carboxylic acids is 2. The molecule has 2 N–H and O–H groups in total. The number of Topliss-reactive ketones (excluding diaryl/α,β-unsaturated/α-hetero) is 1. The summed E-state index contributed by atoms with van der Waals surface area (Å²) in [5.41, 5.74) is 8.83. The molecule has 0 aliphatic carbocycles. The molecular formula is C23H19NO4. The molecule has 0 unspecified atom stereocenters. The summed E-state index contributed by atoms with van der Waals surface area (Å²) >= 11 is 0. The van der Waals surface area contributed by atoms with Gasteiger partial charge in [0.05, 0.1) is 12.2 Å². The van der Waals surface area contributed by atoms with Crippen LogP contribution in [0.3, 0.4) is 0 Å². The molecule has 0 saturated carbocycles. The van der Waals surface area contributed by atoms with E-state index in [-0.39, 0.29) is 5.78 Å². The predicted molar refractivity (Wildman–Crippen MR) is 106 cm³/mol. The maximum absolute atomic E-state index is 12.3. The number of hydrogen-bond acceptors (Lipinski definition) is 4. The van der Waals surface area contributed by atoms with E-state index in [2.05, 4.69) is 0 Å². The third-order valence-corrected chi connectivity index (χ3v) is 4.66. The summed E-state index contributed by atoms with van der Waals surface area (Å²) < 4.78 is 11.7. The molecule has 3 aromatic carbocycles. The zero-order chi connectivity index (χ0) is 19.5. The lowest BCUT2D eigenvalue weighted by Crippen LogP contribution is -2.15. The number of rotatable bonds is 5. The van der Waals surface area contributed by atoms with Crippen molar-refractivity contribution in [2.75, 3.05) is 6.61 Å². The van der Waals surface area contributed by atoms with Gasteiger partial charge in [0, 0.05) is 23.6 Å². The molecule has 0 fully saturated rings. The Hall–Kier alpha value is -3.60. The van der Waals surface area contributed by atoms with E-state index in [1.807, 2.05) is 36.4 Å². The van der Waals surface area contributed by atoms with Crippen molar-refractivity contribution in [2.45, 2.75) is 13.0 Å². The topological polar surface area (TPSA) is 78.6 Å². The molecule has 0 spiro atoms. The van der Waals surface area contributed by atoms with Crippen molar-refractivity contribution in [1.82, 2.24) is 0 Å². The van der Waals surface area contributed by atoms with Crippen LogP contribution in [0.25, 0.3) is 11.1 Å². The van der Waals surface area contributed by atoms with Crippen LogP contribution >= 0.6 is 0 Å². The van der Waals surface area contributed by atoms with Crippen molar-refractivity contribution in [3.8, 4) is 22.6 Å². The largest absolute Gasteiger partial charge is 0.492 e. The first-order valence-electron chi connectivity index (χ1n) is 9.03. The van der Waals surface area contributed by atoms with Gasteiger partial charge in [-0.3, -0.25) is 9.59 Å². The molecule has 140 valence electrons. The second kappa shape index (κ2) is 7.56. The Bertz CT molecular complexity index is 1040. The minimum atomic E-state index is -0.508. The first kappa shape index (κ1) is 17.8. The highest BCUT2D eigenvalue weighted by Gasteiger charge is 2.22. The van der Waals surface area contributed by atoms with Crippen molar-refractivity contribution >= 4 is 11.7 Å². The van der Waals surface area contributed by atoms with Gasteiger partial charge in [0.1, 0.15) is 18.1 Å². The first-order valence-corrected chi connectivity index (χ1v) is 9.03. The molecule has 0 atom stereocenters. The lowest BCUT2D eigenvalue weighted by atomic mass is 9.96. The maximum atomic E-state index is 12.3. The molecule has 1 amide bonds. The quantitative estimate of drug-likeness (QED) is 0.733. The Morgan fingerprint density at radius 1 is 1.00 bits per heavy atom. The number of benzene rings is 3. The van der Waals surface area contributed by atoms with Crippen molar-refractivity contribution in [3.05, 3.63) is 83.4 Å². The van der Waals surface area contributed by atoms with Gasteiger partial charge in [0.25, 0.3) is 0 Å². The van der Waals surface area contributed by atoms with Crippen molar-refractivity contribution in [2.24, 2.45) is 5.73 Å². The Kier molecular flexibility index (Phi) is 4.81. The van der Waals surface area contributed by atoms with Crippen LogP contribution in [0.5, 0.6) is 11.5 Å². The summed E-state index contributed by atoms with van der Waals surface area (Å²) in [4.78, 5) is 23.9. The van der Waals surface area contributed by atoms with Crippen molar-refractivity contribution in [1.29, 1.82) is 0 Å². The minimum absolute atomic E-state index is 0.0307. The molecule has 0 bridgehead atoms. The van der Waals surface area contributed by atoms with E-state index in [1.165, 1.54) is 0 Å². The van der Waals surface area contributed by atoms with Crippen molar-refractivity contribution < 1.29 is 19.1 Å². The van der Waals surface area contributed by atoms with Gasteiger partial charge in [-0.15, -0.1) is 0 Å². The van der Waals surface area contributed by atoms with Crippen LogP contribution in [-0.4, -0.2) is 18.3 Å². The fraction of sp³-hybridized carbons (Fsp3) is 0.130. The minimum Gasteiger partial charge on any atom is -0.492 e. The molecule has 1 aliphatic heterocycles. The number of fused-ring (bicyclic) bond motifs is 1. The van der Waals surface area contributed by atoms with E-state index in [9.17, 15) is 9.59 Å². The summed E-state index contributed by atoms with van der Waals surface area (Å²) in [6.45, 7) is 0.733. The van der Waals surface area contributed by atoms with Gasteiger partial charge in [-0.1, -0.05) is 42.5 Å². The second-order valence-corrected chi connectivity index (χ2v) is 6.59. The van der Waals surface area contributed by atoms with E-state index in [0.29, 0.717) is 42.3 Å². The van der Waals surface area contributed by atoms with Crippen LogP contribution < -0.4 is 15.2 Å². The molecule has 0 saturated heterocycles. The first-order chi connectivity index (χ1) is 13.6. The average molecular weight is 373 g/mol. The lowest BCUT2D eigenvalue weighted by molar-refractivity contribution is 0.0932. The van der Waals surface area contributed by atoms with Gasteiger partial charge >= 0.3 is 0 Å². The standard InChI is InChI=1S/C23H19NO4/c24-23(26)17-8-4-7-16(11-17)18-12-19-20(25)9-10-27-22(19)13-21(18)28-14-15-5-2-1-3-6-15/h1-8,11-13H,9-10,14H2,(H2,24,26). The smallest absolute Gasteiger partial charge is 0.248 e. The number of primary amides is 1. The van der Waals surface area contributed by atoms with E-state index >= 15 is 0 Å². The monoisotopic (exact) mass is 373 g/mol. The van der Waals surface area contributed by atoms with Crippen LogP contribution in [-0.2, 0) is 6.61 Å². The number of amides is 1. The fourth-order valence-electron chi connectivity index (χ4n) is 3.21. The van der Waals surface area contributed by atoms with E-state index in [0.717, 1.165) is 16.7 Å². The van der Waals surface area contributed by atoms with Crippen LogP contribution in [0.2, 0.25) is 0 Å². The third kappa shape index (κ3) is 3.60. The normalized spacial score (nSPS) is 12.8. The number of carbonyl (C=O) groups is 2. The van der Waals surface area contributed by atoms with Gasteiger partial charge in [-0.25, -0.2) is 0 Å². The second-order valence-electron chi connectivity index (χ2n) is 6.59. The zero-order valence-corrected chi connectivity index (χ0v) is 15.2. The summed E-state index contributed by atoms with van der Waals surface area (Å²) in [6, 6.07) is 20.3. The van der Waals surface area contributed by atoms with Crippen LogP contribution in [0.4, 0.5) is 0 Å². The predicted octanol–water partition coefficient (Wildman–Crippen LogP) is 4.00. The molecule has 0 radical (unpaired) electrons. The molecule has 4 rings (SSSR count). The van der Waals surface area contributed by atoms with Gasteiger partial charge in [-0.2, -0.15) is 0 Å². The molecule has 1 aliphatic rings. The molecule has 5 nitrogen and oxygen atoms in total. The number of nitrogens with two attached hydrogens (primary N) is 1. The summed E-state index contributed by atoms with van der Waals surface area (Å²) in [6.07, 6.45) is 0.345. The van der Waals surface area contributed by atoms with Gasteiger partial charge < -0.3 is 15.2 Å². The molecule has 0 aromatic heterocycles. The molecule has 1 heterocycles. The third-order valence-electron chi connectivity index (χ3n) is 4.66. The Labute approximate surface area is 162 Å². The van der Waals surface area contributed by atoms with E-state index in [4.69, 9.17) is 15.2 Å². The van der Waals surface area contributed by atoms with Crippen LogP contribution in [0, 0.1) is 0 Å². The fourth-order valence-corrected chi connectivity index (χ4v) is 3.21. The summed E-state index contributed by atoms with van der Waals surface area (Å²) in [7, 11) is 0. The highest BCUT2D eigenvalue weighted by Crippen LogP contribution is 2.39. The molecule has 28 heavy (non-hydrogen) atoms. The molecule has 5 heteroatoms. The van der Waals surface area contributed by atoms with Crippen molar-refractivity contribution in [3.63, 3.8) is 0 Å². The van der Waals surface area contributed by atoms with Crippen LogP contribution in [0.1, 0.15) is 32.7 Å². The lowest BCUT2D eigenvalue weighted by Gasteiger charge is -2.20.